The van der Waals surface area contributed by atoms with E-state index in [4.69, 9.17) is 9.47 Å². The zero-order valence-corrected chi connectivity index (χ0v) is 12.5. The maximum Gasteiger partial charge on any atom is 0.161 e. The van der Waals surface area contributed by atoms with Crippen LogP contribution < -0.4 is 14.8 Å². The van der Waals surface area contributed by atoms with Gasteiger partial charge in [-0.05, 0) is 30.4 Å². The molecule has 1 fully saturated rings. The molecule has 0 bridgehead atoms. The van der Waals surface area contributed by atoms with Gasteiger partial charge < -0.3 is 14.8 Å². The van der Waals surface area contributed by atoms with E-state index in [0.717, 1.165) is 29.9 Å². The smallest absolute Gasteiger partial charge is 0.161 e. The molecule has 110 valence electrons. The van der Waals surface area contributed by atoms with Crippen LogP contribution in [0.3, 0.4) is 0 Å². The molecule has 1 aromatic rings. The summed E-state index contributed by atoms with van der Waals surface area (Å²) >= 11 is 0. The molecule has 1 aliphatic heterocycles. The summed E-state index contributed by atoms with van der Waals surface area (Å²) in [5.41, 5.74) is 0. The average Bonchev–Trinajstić information content (AvgIpc) is 2.48. The summed E-state index contributed by atoms with van der Waals surface area (Å²) in [6.45, 7) is 6.25. The average molecular weight is 275 g/mol. The van der Waals surface area contributed by atoms with Crippen LogP contribution in [-0.4, -0.2) is 25.3 Å². The molecule has 0 amide bonds. The van der Waals surface area contributed by atoms with Crippen LogP contribution in [0.15, 0.2) is 24.3 Å². The highest BCUT2D eigenvalue weighted by atomic mass is 16.6. The molecular formula is C17H25NO2. The van der Waals surface area contributed by atoms with Gasteiger partial charge in [0.25, 0.3) is 0 Å². The fourth-order valence-electron chi connectivity index (χ4n) is 3.32. The van der Waals surface area contributed by atoms with Crippen molar-refractivity contribution in [1.82, 2.24) is 5.32 Å². The summed E-state index contributed by atoms with van der Waals surface area (Å²) in [7, 11) is 0. The van der Waals surface area contributed by atoms with E-state index in [2.05, 4.69) is 19.2 Å². The molecule has 1 saturated carbocycles. The van der Waals surface area contributed by atoms with Crippen molar-refractivity contribution in [3.05, 3.63) is 24.3 Å². The van der Waals surface area contributed by atoms with Gasteiger partial charge in [-0.3, -0.25) is 0 Å². The number of para-hydroxylation sites is 2. The van der Waals surface area contributed by atoms with Crippen molar-refractivity contribution in [2.75, 3.05) is 13.2 Å². The van der Waals surface area contributed by atoms with Crippen molar-refractivity contribution in [3.8, 4) is 11.5 Å². The Labute approximate surface area is 121 Å². The molecule has 0 spiro atoms. The van der Waals surface area contributed by atoms with E-state index in [-0.39, 0.29) is 6.10 Å². The molecule has 20 heavy (non-hydrogen) atoms. The van der Waals surface area contributed by atoms with E-state index in [1.807, 2.05) is 24.3 Å². The number of hydrogen-bond donors (Lipinski definition) is 1. The van der Waals surface area contributed by atoms with Crippen LogP contribution in [0.1, 0.15) is 33.1 Å². The molecular weight excluding hydrogens is 250 g/mol. The molecule has 3 rings (SSSR count). The highest BCUT2D eigenvalue weighted by Gasteiger charge is 2.28. The van der Waals surface area contributed by atoms with Crippen molar-refractivity contribution in [2.24, 2.45) is 11.8 Å². The summed E-state index contributed by atoms with van der Waals surface area (Å²) in [6.07, 6.45) is 4.12. The highest BCUT2D eigenvalue weighted by molar-refractivity contribution is 5.40. The minimum Gasteiger partial charge on any atom is -0.486 e. The Morgan fingerprint density at radius 3 is 2.80 bits per heavy atom. The Hall–Kier alpha value is -1.22. The fraction of sp³-hybridized carbons (Fsp3) is 0.647. The Bertz CT molecular complexity index is 448. The van der Waals surface area contributed by atoms with Gasteiger partial charge in [-0.25, -0.2) is 0 Å². The first-order valence-electron chi connectivity index (χ1n) is 7.86. The Morgan fingerprint density at radius 1 is 1.15 bits per heavy atom. The highest BCUT2D eigenvalue weighted by Crippen LogP contribution is 2.32. The lowest BCUT2D eigenvalue weighted by Crippen LogP contribution is -2.47. The third-order valence-electron chi connectivity index (χ3n) is 4.88. The molecule has 1 N–H and O–H groups in total. The van der Waals surface area contributed by atoms with Crippen molar-refractivity contribution < 1.29 is 9.47 Å². The summed E-state index contributed by atoms with van der Waals surface area (Å²) < 4.78 is 11.8. The van der Waals surface area contributed by atoms with Crippen LogP contribution in [0.2, 0.25) is 0 Å². The lowest BCUT2D eigenvalue weighted by Gasteiger charge is -2.36. The first kappa shape index (κ1) is 13.7. The molecule has 2 aliphatic rings. The van der Waals surface area contributed by atoms with Crippen molar-refractivity contribution >= 4 is 0 Å². The first-order chi connectivity index (χ1) is 9.74. The van der Waals surface area contributed by atoms with Crippen LogP contribution in [0, 0.1) is 11.8 Å². The lowest BCUT2D eigenvalue weighted by molar-refractivity contribution is 0.0817. The molecule has 4 atom stereocenters. The molecule has 1 aliphatic carbocycles. The number of benzene rings is 1. The van der Waals surface area contributed by atoms with Gasteiger partial charge in [-0.15, -0.1) is 0 Å². The van der Waals surface area contributed by atoms with Crippen LogP contribution in [0.5, 0.6) is 11.5 Å². The zero-order chi connectivity index (χ0) is 13.9. The van der Waals surface area contributed by atoms with Gasteiger partial charge in [-0.2, -0.15) is 0 Å². The van der Waals surface area contributed by atoms with Gasteiger partial charge in [-0.1, -0.05) is 38.8 Å². The summed E-state index contributed by atoms with van der Waals surface area (Å²) in [5, 5.41) is 3.70. The van der Waals surface area contributed by atoms with Gasteiger partial charge in [0.05, 0.1) is 0 Å². The summed E-state index contributed by atoms with van der Waals surface area (Å²) in [6, 6.07) is 8.53. The van der Waals surface area contributed by atoms with E-state index in [1.165, 1.54) is 19.3 Å². The number of hydrogen-bond acceptors (Lipinski definition) is 3. The maximum absolute atomic E-state index is 6.00. The predicted octanol–water partition coefficient (Wildman–Crippen LogP) is 3.24. The normalized spacial score (nSPS) is 32.9. The van der Waals surface area contributed by atoms with Gasteiger partial charge in [0.1, 0.15) is 12.7 Å². The lowest BCUT2D eigenvalue weighted by atomic mass is 9.78. The minimum atomic E-state index is 0.120. The zero-order valence-electron chi connectivity index (χ0n) is 12.5. The predicted molar refractivity (Wildman–Crippen MR) is 80.3 cm³/mol. The minimum absolute atomic E-state index is 0.120. The molecule has 0 aromatic heterocycles. The number of fused-ring (bicyclic) bond motifs is 1. The number of rotatable bonds is 3. The topological polar surface area (TPSA) is 30.5 Å². The van der Waals surface area contributed by atoms with E-state index >= 15 is 0 Å². The fourth-order valence-corrected chi connectivity index (χ4v) is 3.32. The Kier molecular flexibility index (Phi) is 4.16. The summed E-state index contributed by atoms with van der Waals surface area (Å²) in [5.74, 6) is 3.31. The third kappa shape index (κ3) is 2.93. The molecule has 1 aromatic carbocycles. The summed E-state index contributed by atoms with van der Waals surface area (Å²) in [4.78, 5) is 0. The molecule has 0 saturated heterocycles. The van der Waals surface area contributed by atoms with Crippen molar-refractivity contribution in [1.29, 1.82) is 0 Å². The SMILES string of the molecule is CC1CCCC(NCC2COc3ccccc3O2)C1C. The Balaban J connectivity index is 1.52. The molecule has 0 radical (unpaired) electrons. The third-order valence-corrected chi connectivity index (χ3v) is 4.88. The van der Waals surface area contributed by atoms with E-state index < -0.39 is 0 Å². The van der Waals surface area contributed by atoms with Gasteiger partial charge in [0.15, 0.2) is 11.5 Å². The van der Waals surface area contributed by atoms with Gasteiger partial charge >= 0.3 is 0 Å². The maximum atomic E-state index is 6.00. The molecule has 3 heteroatoms. The van der Waals surface area contributed by atoms with E-state index in [1.54, 1.807) is 0 Å². The Morgan fingerprint density at radius 2 is 1.95 bits per heavy atom. The second-order valence-corrected chi connectivity index (χ2v) is 6.28. The quantitative estimate of drug-likeness (QED) is 0.918. The second-order valence-electron chi connectivity index (χ2n) is 6.28. The van der Waals surface area contributed by atoms with Crippen molar-refractivity contribution in [3.63, 3.8) is 0 Å². The van der Waals surface area contributed by atoms with Crippen LogP contribution in [-0.2, 0) is 0 Å². The first-order valence-corrected chi connectivity index (χ1v) is 7.86. The standard InChI is InChI=1S/C17H25NO2/c1-12-6-5-7-15(13(12)2)18-10-14-11-19-16-8-3-4-9-17(16)20-14/h3-4,8-9,12-15,18H,5-7,10-11H2,1-2H3. The van der Waals surface area contributed by atoms with Crippen LogP contribution >= 0.6 is 0 Å². The molecule has 3 nitrogen and oxygen atoms in total. The van der Waals surface area contributed by atoms with Gasteiger partial charge in [0, 0.05) is 12.6 Å². The molecule has 4 unspecified atom stereocenters. The second kappa shape index (κ2) is 6.04. The van der Waals surface area contributed by atoms with Crippen LogP contribution in [0.25, 0.3) is 0 Å². The van der Waals surface area contributed by atoms with E-state index in [0.29, 0.717) is 12.6 Å². The van der Waals surface area contributed by atoms with E-state index in [9.17, 15) is 0 Å². The monoisotopic (exact) mass is 275 g/mol. The van der Waals surface area contributed by atoms with Crippen LogP contribution in [0.4, 0.5) is 0 Å². The number of ether oxygens (including phenoxy) is 2. The van der Waals surface area contributed by atoms with Crippen molar-refractivity contribution in [2.45, 2.75) is 45.3 Å². The van der Waals surface area contributed by atoms with Gasteiger partial charge in [0.2, 0.25) is 0 Å². The largest absolute Gasteiger partial charge is 0.486 e. The molecule has 1 heterocycles. The number of nitrogens with one attached hydrogen (secondary N) is 1.